The normalized spacial score (nSPS) is 27.1. The van der Waals surface area contributed by atoms with E-state index in [0.717, 1.165) is 18.8 Å². The number of rotatable bonds is 3. The number of ether oxygens (including phenoxy) is 1. The molecule has 2 unspecified atom stereocenters. The molecule has 20 heavy (non-hydrogen) atoms. The van der Waals surface area contributed by atoms with Gasteiger partial charge in [-0.1, -0.05) is 0 Å². The highest BCUT2D eigenvalue weighted by atomic mass is 16.5. The van der Waals surface area contributed by atoms with Gasteiger partial charge in [0.05, 0.1) is 30.9 Å². The van der Waals surface area contributed by atoms with E-state index in [1.165, 1.54) is 12.8 Å². The number of nitrogens with one attached hydrogen (secondary N) is 1. The number of aryl methyl sites for hydroxylation is 2. The van der Waals surface area contributed by atoms with Gasteiger partial charge in [0.1, 0.15) is 11.5 Å². The number of furan rings is 1. The molecule has 3 heterocycles. The SMILES string of the molecule is Cc1cc(C(=O)NC2COCC2N2CCCC2)c(C)o1. The lowest BCUT2D eigenvalue weighted by Crippen LogP contribution is -2.50. The summed E-state index contributed by atoms with van der Waals surface area (Å²) < 4.78 is 11.0. The molecule has 2 atom stereocenters. The minimum atomic E-state index is -0.0564. The van der Waals surface area contributed by atoms with E-state index in [2.05, 4.69) is 10.2 Å². The predicted molar refractivity (Wildman–Crippen MR) is 74.9 cm³/mol. The number of carbonyl (C=O) groups is 1. The summed E-state index contributed by atoms with van der Waals surface area (Å²) >= 11 is 0. The van der Waals surface area contributed by atoms with Crippen molar-refractivity contribution in [3.8, 4) is 0 Å². The number of amides is 1. The molecular formula is C15H22N2O3. The molecule has 2 aliphatic rings. The second-order valence-corrected chi connectivity index (χ2v) is 5.75. The first kappa shape index (κ1) is 13.6. The van der Waals surface area contributed by atoms with E-state index in [9.17, 15) is 4.79 Å². The maximum absolute atomic E-state index is 12.4. The highest BCUT2D eigenvalue weighted by Crippen LogP contribution is 2.20. The Bertz CT molecular complexity index is 491. The zero-order chi connectivity index (χ0) is 14.1. The molecule has 1 amide bonds. The molecule has 0 aliphatic carbocycles. The summed E-state index contributed by atoms with van der Waals surface area (Å²) in [6.07, 6.45) is 2.49. The van der Waals surface area contributed by atoms with E-state index in [1.54, 1.807) is 6.07 Å². The minimum Gasteiger partial charge on any atom is -0.466 e. The summed E-state index contributed by atoms with van der Waals surface area (Å²) in [6.45, 7) is 7.23. The molecule has 2 saturated heterocycles. The van der Waals surface area contributed by atoms with E-state index in [4.69, 9.17) is 9.15 Å². The first-order valence-electron chi connectivity index (χ1n) is 7.35. The first-order valence-corrected chi connectivity index (χ1v) is 7.35. The zero-order valence-corrected chi connectivity index (χ0v) is 12.1. The molecule has 0 spiro atoms. The highest BCUT2D eigenvalue weighted by Gasteiger charge is 2.35. The quantitative estimate of drug-likeness (QED) is 0.910. The molecule has 2 fully saturated rings. The number of hydrogen-bond acceptors (Lipinski definition) is 4. The van der Waals surface area contributed by atoms with E-state index < -0.39 is 0 Å². The van der Waals surface area contributed by atoms with Crippen LogP contribution in [0.4, 0.5) is 0 Å². The van der Waals surface area contributed by atoms with Gasteiger partial charge < -0.3 is 14.5 Å². The van der Waals surface area contributed by atoms with Gasteiger partial charge >= 0.3 is 0 Å². The van der Waals surface area contributed by atoms with E-state index in [0.29, 0.717) is 30.6 Å². The van der Waals surface area contributed by atoms with Crippen LogP contribution in [0.5, 0.6) is 0 Å². The van der Waals surface area contributed by atoms with Crippen molar-refractivity contribution < 1.29 is 13.9 Å². The largest absolute Gasteiger partial charge is 0.466 e. The average molecular weight is 278 g/mol. The van der Waals surface area contributed by atoms with Gasteiger partial charge in [-0.3, -0.25) is 9.69 Å². The van der Waals surface area contributed by atoms with Crippen molar-refractivity contribution >= 4 is 5.91 Å². The minimum absolute atomic E-state index is 0.0564. The molecule has 110 valence electrons. The van der Waals surface area contributed by atoms with E-state index in [1.807, 2.05) is 13.8 Å². The molecule has 0 radical (unpaired) electrons. The van der Waals surface area contributed by atoms with Crippen LogP contribution in [0, 0.1) is 13.8 Å². The standard InChI is InChI=1S/C15H22N2O3/c1-10-7-12(11(2)20-10)15(18)16-13-8-19-9-14(13)17-5-3-4-6-17/h7,13-14H,3-6,8-9H2,1-2H3,(H,16,18). The van der Waals surface area contributed by atoms with Gasteiger partial charge in [0.25, 0.3) is 5.91 Å². The average Bonchev–Trinajstić information content (AvgIpc) is 3.09. The zero-order valence-electron chi connectivity index (χ0n) is 12.1. The van der Waals surface area contributed by atoms with Gasteiger partial charge in [0, 0.05) is 0 Å². The smallest absolute Gasteiger partial charge is 0.255 e. The van der Waals surface area contributed by atoms with Gasteiger partial charge in [-0.15, -0.1) is 0 Å². The molecule has 5 heteroatoms. The van der Waals surface area contributed by atoms with Crippen molar-refractivity contribution in [1.29, 1.82) is 0 Å². The van der Waals surface area contributed by atoms with Crippen LogP contribution in [0.15, 0.2) is 10.5 Å². The predicted octanol–water partition coefficient (Wildman–Crippen LogP) is 1.49. The number of hydrogen-bond donors (Lipinski definition) is 1. The first-order chi connectivity index (χ1) is 9.65. The Morgan fingerprint density at radius 3 is 2.70 bits per heavy atom. The maximum atomic E-state index is 12.4. The fourth-order valence-corrected chi connectivity index (χ4v) is 3.22. The Kier molecular flexibility index (Phi) is 3.81. The van der Waals surface area contributed by atoms with Crippen LogP contribution < -0.4 is 5.32 Å². The monoisotopic (exact) mass is 278 g/mol. The number of likely N-dealkylation sites (tertiary alicyclic amines) is 1. The lowest BCUT2D eigenvalue weighted by molar-refractivity contribution is 0.0915. The Morgan fingerprint density at radius 1 is 1.30 bits per heavy atom. The lowest BCUT2D eigenvalue weighted by Gasteiger charge is -2.27. The van der Waals surface area contributed by atoms with Crippen LogP contribution in [-0.2, 0) is 4.74 Å². The molecule has 1 aromatic heterocycles. The Morgan fingerprint density at radius 2 is 2.05 bits per heavy atom. The number of nitrogens with zero attached hydrogens (tertiary/aromatic N) is 1. The van der Waals surface area contributed by atoms with Crippen LogP contribution >= 0.6 is 0 Å². The van der Waals surface area contributed by atoms with E-state index in [-0.39, 0.29) is 11.9 Å². The molecule has 5 nitrogen and oxygen atoms in total. The third-order valence-electron chi connectivity index (χ3n) is 4.26. The molecule has 0 saturated carbocycles. The van der Waals surface area contributed by atoms with Crippen molar-refractivity contribution in [2.75, 3.05) is 26.3 Å². The molecule has 2 aliphatic heterocycles. The molecule has 0 aromatic carbocycles. The van der Waals surface area contributed by atoms with E-state index >= 15 is 0 Å². The van der Waals surface area contributed by atoms with Crippen molar-refractivity contribution in [2.24, 2.45) is 0 Å². The van der Waals surface area contributed by atoms with Crippen LogP contribution in [0.1, 0.15) is 34.7 Å². The third kappa shape index (κ3) is 2.60. The lowest BCUT2D eigenvalue weighted by atomic mass is 10.1. The summed E-state index contributed by atoms with van der Waals surface area (Å²) in [6, 6.07) is 2.19. The Labute approximate surface area is 119 Å². The third-order valence-corrected chi connectivity index (χ3v) is 4.26. The van der Waals surface area contributed by atoms with Crippen molar-refractivity contribution in [1.82, 2.24) is 10.2 Å². The molecule has 1 N–H and O–H groups in total. The van der Waals surface area contributed by atoms with Gasteiger partial charge in [-0.05, 0) is 45.8 Å². The van der Waals surface area contributed by atoms with Gasteiger partial charge in [-0.25, -0.2) is 0 Å². The van der Waals surface area contributed by atoms with Crippen molar-refractivity contribution in [3.05, 3.63) is 23.2 Å². The summed E-state index contributed by atoms with van der Waals surface area (Å²) in [4.78, 5) is 14.8. The maximum Gasteiger partial charge on any atom is 0.255 e. The Balaban J connectivity index is 1.67. The summed E-state index contributed by atoms with van der Waals surface area (Å²) in [5.41, 5.74) is 0.634. The molecule has 1 aromatic rings. The molecule has 3 rings (SSSR count). The van der Waals surface area contributed by atoms with Gasteiger partial charge in [-0.2, -0.15) is 0 Å². The van der Waals surface area contributed by atoms with Gasteiger partial charge in [0.15, 0.2) is 0 Å². The summed E-state index contributed by atoms with van der Waals surface area (Å²) in [5, 5.41) is 3.11. The number of carbonyl (C=O) groups excluding carboxylic acids is 1. The van der Waals surface area contributed by atoms with Crippen LogP contribution in [0.3, 0.4) is 0 Å². The molecular weight excluding hydrogens is 256 g/mol. The summed E-state index contributed by atoms with van der Waals surface area (Å²) in [5.74, 6) is 1.39. The van der Waals surface area contributed by atoms with Crippen LogP contribution in [-0.4, -0.2) is 49.2 Å². The van der Waals surface area contributed by atoms with Crippen molar-refractivity contribution in [3.63, 3.8) is 0 Å². The highest BCUT2D eigenvalue weighted by molar-refractivity contribution is 5.95. The fourth-order valence-electron chi connectivity index (χ4n) is 3.22. The second kappa shape index (κ2) is 5.58. The fraction of sp³-hybridized carbons (Fsp3) is 0.667. The van der Waals surface area contributed by atoms with Crippen LogP contribution in [0.2, 0.25) is 0 Å². The van der Waals surface area contributed by atoms with Crippen LogP contribution in [0.25, 0.3) is 0 Å². The van der Waals surface area contributed by atoms with Gasteiger partial charge in [0.2, 0.25) is 0 Å². The second-order valence-electron chi connectivity index (χ2n) is 5.75. The Hall–Kier alpha value is -1.33. The van der Waals surface area contributed by atoms with Crippen molar-refractivity contribution in [2.45, 2.75) is 38.8 Å². The molecule has 0 bridgehead atoms. The summed E-state index contributed by atoms with van der Waals surface area (Å²) in [7, 11) is 0. The topological polar surface area (TPSA) is 54.7 Å².